The number of allylic oxidation sites excluding steroid dienone is 2. The number of benzene rings is 1. The highest BCUT2D eigenvalue weighted by atomic mass is 32.2. The summed E-state index contributed by atoms with van der Waals surface area (Å²) in [6.07, 6.45) is 7.59. The second kappa shape index (κ2) is 10.7. The average Bonchev–Trinajstić information content (AvgIpc) is 2.66. The molecule has 1 aromatic rings. The summed E-state index contributed by atoms with van der Waals surface area (Å²) in [6, 6.07) is 6.14. The molecule has 1 aliphatic heterocycles. The first-order valence-corrected chi connectivity index (χ1v) is 10.3. The zero-order chi connectivity index (χ0) is 21.4. The van der Waals surface area contributed by atoms with E-state index >= 15 is 0 Å². The lowest BCUT2D eigenvalue weighted by Gasteiger charge is -2.29. The van der Waals surface area contributed by atoms with E-state index in [0.29, 0.717) is 6.54 Å². The smallest absolute Gasteiger partial charge is 0.186 e. The summed E-state index contributed by atoms with van der Waals surface area (Å²) in [4.78, 5) is 7.26. The van der Waals surface area contributed by atoms with E-state index in [0.717, 1.165) is 40.4 Å². The number of nitrogens with two attached hydrogens (primary N) is 2. The molecule has 0 saturated heterocycles. The van der Waals surface area contributed by atoms with Crippen LogP contribution in [0.1, 0.15) is 19.4 Å². The van der Waals surface area contributed by atoms with E-state index in [1.54, 1.807) is 12.2 Å². The minimum atomic E-state index is 0.136. The molecule has 154 valence electrons. The number of rotatable bonds is 7. The highest BCUT2D eigenvalue weighted by Crippen LogP contribution is 2.33. The first-order valence-electron chi connectivity index (χ1n) is 9.46. The van der Waals surface area contributed by atoms with E-state index in [1.807, 2.05) is 19.2 Å². The largest absolute Gasteiger partial charge is 0.391 e. The van der Waals surface area contributed by atoms with E-state index in [9.17, 15) is 0 Å². The number of hydrogen-bond donors (Lipinski definition) is 4. The van der Waals surface area contributed by atoms with Crippen LogP contribution in [0.5, 0.6) is 0 Å². The zero-order valence-electron chi connectivity index (χ0n) is 17.3. The monoisotopic (exact) mass is 410 g/mol. The predicted octanol–water partition coefficient (Wildman–Crippen LogP) is 3.49. The molecule has 6 N–H and O–H groups in total. The molecule has 0 unspecified atom stereocenters. The predicted molar refractivity (Wildman–Crippen MR) is 128 cm³/mol. The van der Waals surface area contributed by atoms with Gasteiger partial charge in [-0.25, -0.2) is 4.99 Å². The number of fused-ring (bicyclic) bond motifs is 1. The summed E-state index contributed by atoms with van der Waals surface area (Å²) in [5.41, 5.74) is 17.2. The van der Waals surface area contributed by atoms with Crippen molar-refractivity contribution in [1.82, 2.24) is 5.32 Å². The van der Waals surface area contributed by atoms with E-state index in [2.05, 4.69) is 54.0 Å². The van der Waals surface area contributed by atoms with E-state index in [4.69, 9.17) is 16.9 Å². The first-order chi connectivity index (χ1) is 13.8. The van der Waals surface area contributed by atoms with Crippen molar-refractivity contribution in [3.63, 3.8) is 0 Å². The molecule has 29 heavy (non-hydrogen) atoms. The lowest BCUT2D eigenvalue weighted by molar-refractivity contribution is 0.889. The van der Waals surface area contributed by atoms with Crippen molar-refractivity contribution >= 4 is 34.5 Å². The summed E-state index contributed by atoms with van der Waals surface area (Å²) in [6.45, 7) is 9.86. The standard InChI is InChI=1S/C22H30N6S/c1-5-26-13-18(12-23)17-10-16-11-19(7-8-20(16)28(4)14-17)29-22(25)27-21(24)9-6-15(2)3/h6-11,13,26H,2,5,12,14,23H2,1,3-4H3,(H3,24,25,27)/b9-6-,18-13+. The average molecular weight is 411 g/mol. The molecule has 0 aromatic heterocycles. The van der Waals surface area contributed by atoms with Crippen molar-refractivity contribution in [3.05, 3.63) is 65.4 Å². The first kappa shape index (κ1) is 22.5. The van der Waals surface area contributed by atoms with Gasteiger partial charge >= 0.3 is 0 Å². The highest BCUT2D eigenvalue weighted by molar-refractivity contribution is 8.13. The summed E-state index contributed by atoms with van der Waals surface area (Å²) >= 11 is 1.27. The molecule has 0 aliphatic carbocycles. The minimum absolute atomic E-state index is 0.136. The molecule has 0 atom stereocenters. The molecule has 0 fully saturated rings. The van der Waals surface area contributed by atoms with Crippen molar-refractivity contribution < 1.29 is 0 Å². The molecule has 1 heterocycles. The Morgan fingerprint density at radius 3 is 2.83 bits per heavy atom. The van der Waals surface area contributed by atoms with Crippen LogP contribution < -0.4 is 21.7 Å². The molecule has 1 aliphatic rings. The van der Waals surface area contributed by atoms with Crippen LogP contribution in [-0.4, -0.2) is 37.7 Å². The molecule has 0 radical (unpaired) electrons. The topological polar surface area (TPSA) is 104 Å². The van der Waals surface area contributed by atoms with Gasteiger partial charge in [-0.15, -0.1) is 0 Å². The summed E-state index contributed by atoms with van der Waals surface area (Å²) in [7, 11) is 2.07. The van der Waals surface area contributed by atoms with Gasteiger partial charge in [0.05, 0.1) is 0 Å². The van der Waals surface area contributed by atoms with E-state index in [1.165, 1.54) is 17.3 Å². The van der Waals surface area contributed by atoms with Crippen molar-refractivity contribution in [3.8, 4) is 0 Å². The fourth-order valence-electron chi connectivity index (χ4n) is 2.85. The number of amidine groups is 2. The minimum Gasteiger partial charge on any atom is -0.391 e. The highest BCUT2D eigenvalue weighted by Gasteiger charge is 2.17. The molecule has 0 saturated carbocycles. The molecule has 0 bridgehead atoms. The molecular weight excluding hydrogens is 380 g/mol. The molecule has 2 rings (SSSR count). The molecule has 0 amide bonds. The van der Waals surface area contributed by atoms with Gasteiger partial charge < -0.3 is 21.7 Å². The Morgan fingerprint density at radius 2 is 2.17 bits per heavy atom. The van der Waals surface area contributed by atoms with Gasteiger partial charge in [0, 0.05) is 43.5 Å². The van der Waals surface area contributed by atoms with Crippen LogP contribution in [0.4, 0.5) is 5.69 Å². The van der Waals surface area contributed by atoms with Crippen LogP contribution in [0.2, 0.25) is 0 Å². The Hall–Kier alpha value is -2.77. The fraction of sp³-hybridized carbons (Fsp3) is 0.273. The van der Waals surface area contributed by atoms with Gasteiger partial charge in [-0.2, -0.15) is 0 Å². The molecule has 1 aromatic carbocycles. The Labute approximate surface area is 177 Å². The maximum Gasteiger partial charge on any atom is 0.186 e. The van der Waals surface area contributed by atoms with Gasteiger partial charge in [0.1, 0.15) is 5.84 Å². The lowest BCUT2D eigenvalue weighted by atomic mass is 9.98. The Kier molecular flexibility index (Phi) is 8.30. The maximum atomic E-state index is 8.12. The van der Waals surface area contributed by atoms with Gasteiger partial charge in [0.25, 0.3) is 0 Å². The molecular formula is C22H30N6S. The quantitative estimate of drug-likeness (QED) is 0.238. The third kappa shape index (κ3) is 6.66. The summed E-state index contributed by atoms with van der Waals surface area (Å²) in [5, 5.41) is 11.5. The molecule has 0 spiro atoms. The summed E-state index contributed by atoms with van der Waals surface area (Å²) < 4.78 is 0. The number of aliphatic imine (C=N–C) groups is 1. The Morgan fingerprint density at radius 1 is 1.41 bits per heavy atom. The van der Waals surface area contributed by atoms with Gasteiger partial charge in [0.15, 0.2) is 5.17 Å². The van der Waals surface area contributed by atoms with Crippen LogP contribution in [-0.2, 0) is 0 Å². The fourth-order valence-corrected chi connectivity index (χ4v) is 3.55. The van der Waals surface area contributed by atoms with Crippen LogP contribution in [0, 0.1) is 5.41 Å². The van der Waals surface area contributed by atoms with E-state index in [-0.39, 0.29) is 11.0 Å². The number of nitrogens with zero attached hydrogens (tertiary/aromatic N) is 2. The number of thioether (sulfide) groups is 1. The Balaban J connectivity index is 2.24. The van der Waals surface area contributed by atoms with Gasteiger partial charge in [-0.05, 0) is 60.9 Å². The van der Waals surface area contributed by atoms with Crippen LogP contribution in [0.3, 0.4) is 0 Å². The van der Waals surface area contributed by atoms with Gasteiger partial charge in [-0.3, -0.25) is 5.41 Å². The lowest BCUT2D eigenvalue weighted by Crippen LogP contribution is -2.26. The van der Waals surface area contributed by atoms with Crippen molar-refractivity contribution in [2.75, 3.05) is 31.6 Å². The number of nitrogens with one attached hydrogen (secondary N) is 2. The van der Waals surface area contributed by atoms with Crippen LogP contribution in [0.25, 0.3) is 6.08 Å². The van der Waals surface area contributed by atoms with Crippen molar-refractivity contribution in [1.29, 1.82) is 5.41 Å². The van der Waals surface area contributed by atoms with Crippen molar-refractivity contribution in [2.24, 2.45) is 16.5 Å². The number of hydrogen-bond acceptors (Lipinski definition) is 5. The van der Waals surface area contributed by atoms with Gasteiger partial charge in [0.2, 0.25) is 0 Å². The van der Waals surface area contributed by atoms with E-state index < -0.39 is 0 Å². The maximum absolute atomic E-state index is 8.12. The third-order valence-electron chi connectivity index (χ3n) is 4.24. The Bertz CT molecular complexity index is 895. The second-order valence-electron chi connectivity index (χ2n) is 6.80. The molecule has 7 heteroatoms. The molecule has 6 nitrogen and oxygen atoms in total. The van der Waals surface area contributed by atoms with Gasteiger partial charge in [-0.1, -0.05) is 30.0 Å². The normalized spacial score (nSPS) is 14.6. The third-order valence-corrected chi connectivity index (χ3v) is 5.02. The SMILES string of the molecule is C=C(C)/C=C\C(N)=N\C(=N)Sc1ccc2c(c1)C=C(/C(=C/NCC)CN)CN2C. The number of likely N-dealkylation sites (N-methyl/N-ethyl adjacent to an activating group) is 1. The van der Waals surface area contributed by atoms with Crippen LogP contribution in [0.15, 0.2) is 69.7 Å². The number of anilines is 1. The van der Waals surface area contributed by atoms with Crippen LogP contribution >= 0.6 is 11.8 Å². The summed E-state index contributed by atoms with van der Waals surface area (Å²) in [5.74, 6) is 0.284. The van der Waals surface area contributed by atoms with Crippen molar-refractivity contribution in [2.45, 2.75) is 18.7 Å². The second-order valence-corrected chi connectivity index (χ2v) is 7.86. The zero-order valence-corrected chi connectivity index (χ0v) is 18.1.